The molecule has 4 heteroatoms. The highest BCUT2D eigenvalue weighted by molar-refractivity contribution is 9.11. The van der Waals surface area contributed by atoms with Gasteiger partial charge in [0.2, 0.25) is 0 Å². The number of rotatable bonds is 5. The number of carbonyl (C=O) groups is 1. The van der Waals surface area contributed by atoms with Gasteiger partial charge in [0.25, 0.3) is 0 Å². The molecule has 15 heavy (non-hydrogen) atoms. The lowest BCUT2D eigenvalue weighted by Crippen LogP contribution is -2.10. The molecule has 1 rings (SSSR count). The van der Waals surface area contributed by atoms with E-state index in [-0.39, 0.29) is 12.4 Å². The Kier molecular flexibility index (Phi) is 5.50. The van der Waals surface area contributed by atoms with Crippen LogP contribution in [0.1, 0.15) is 23.7 Å². The molecule has 0 aliphatic carbocycles. The van der Waals surface area contributed by atoms with E-state index < -0.39 is 0 Å². The second-order valence-electron chi connectivity index (χ2n) is 3.10. The second-order valence-corrected chi connectivity index (χ2v) is 4.87. The van der Waals surface area contributed by atoms with Crippen molar-refractivity contribution in [2.24, 2.45) is 0 Å². The first kappa shape index (κ1) is 12.9. The Morgan fingerprint density at radius 3 is 2.73 bits per heavy atom. The third-order valence-corrected chi connectivity index (χ3v) is 2.96. The first-order chi connectivity index (χ1) is 7.15. The molecule has 2 nitrogen and oxygen atoms in total. The number of carbonyl (C=O) groups excluding carboxylic acids is 1. The average molecular weight is 336 g/mol. The largest absolute Gasteiger partial charge is 0.373 e. The summed E-state index contributed by atoms with van der Waals surface area (Å²) in [4.78, 5) is 11.7. The minimum absolute atomic E-state index is 0.00262. The highest BCUT2D eigenvalue weighted by Gasteiger charge is 2.09. The van der Waals surface area contributed by atoms with Crippen LogP contribution in [-0.2, 0) is 4.74 Å². The van der Waals surface area contributed by atoms with Crippen molar-refractivity contribution in [2.45, 2.75) is 13.3 Å². The fourth-order valence-electron chi connectivity index (χ4n) is 1.10. The first-order valence-corrected chi connectivity index (χ1v) is 6.29. The molecule has 0 amide bonds. The van der Waals surface area contributed by atoms with Crippen molar-refractivity contribution in [1.82, 2.24) is 0 Å². The van der Waals surface area contributed by atoms with Gasteiger partial charge in [0.1, 0.15) is 6.61 Å². The van der Waals surface area contributed by atoms with Crippen LogP contribution in [0.25, 0.3) is 0 Å². The van der Waals surface area contributed by atoms with Gasteiger partial charge in [-0.3, -0.25) is 4.79 Å². The van der Waals surface area contributed by atoms with Gasteiger partial charge in [0.15, 0.2) is 5.78 Å². The molecule has 0 spiro atoms. The molecule has 0 heterocycles. The van der Waals surface area contributed by atoms with Crippen LogP contribution in [0.4, 0.5) is 0 Å². The Bertz CT molecular complexity index is 350. The topological polar surface area (TPSA) is 26.3 Å². The number of ether oxygens (including phenoxy) is 1. The summed E-state index contributed by atoms with van der Waals surface area (Å²) in [6.45, 7) is 2.79. The summed E-state index contributed by atoms with van der Waals surface area (Å²) in [7, 11) is 0. The summed E-state index contributed by atoms with van der Waals surface area (Å²) in [6.07, 6.45) is 0.925. The average Bonchev–Trinajstić information content (AvgIpc) is 2.17. The van der Waals surface area contributed by atoms with Crippen LogP contribution in [0.15, 0.2) is 27.1 Å². The van der Waals surface area contributed by atoms with Crippen molar-refractivity contribution in [3.8, 4) is 0 Å². The molecule has 0 saturated heterocycles. The molecule has 0 atom stereocenters. The Morgan fingerprint density at radius 1 is 1.40 bits per heavy atom. The van der Waals surface area contributed by atoms with E-state index in [2.05, 4.69) is 31.9 Å². The van der Waals surface area contributed by atoms with Crippen LogP contribution in [-0.4, -0.2) is 19.0 Å². The van der Waals surface area contributed by atoms with E-state index in [4.69, 9.17) is 4.74 Å². The number of hydrogen-bond donors (Lipinski definition) is 0. The third kappa shape index (κ3) is 4.05. The lowest BCUT2D eigenvalue weighted by molar-refractivity contribution is 0.0760. The molecule has 82 valence electrons. The summed E-state index contributed by atoms with van der Waals surface area (Å²) < 4.78 is 6.94. The summed E-state index contributed by atoms with van der Waals surface area (Å²) >= 11 is 6.69. The van der Waals surface area contributed by atoms with Crippen molar-refractivity contribution in [3.63, 3.8) is 0 Å². The van der Waals surface area contributed by atoms with E-state index >= 15 is 0 Å². The van der Waals surface area contributed by atoms with E-state index in [1.165, 1.54) is 0 Å². The molecule has 0 saturated carbocycles. The van der Waals surface area contributed by atoms with Crippen LogP contribution in [0.3, 0.4) is 0 Å². The smallest absolute Gasteiger partial charge is 0.189 e. The van der Waals surface area contributed by atoms with Crippen LogP contribution in [0.2, 0.25) is 0 Å². The van der Waals surface area contributed by atoms with Gasteiger partial charge in [-0.2, -0.15) is 0 Å². The molecule has 0 unspecified atom stereocenters. The molecule has 0 aliphatic heterocycles. The Labute approximate surface area is 106 Å². The van der Waals surface area contributed by atoms with Crippen LogP contribution < -0.4 is 0 Å². The van der Waals surface area contributed by atoms with Crippen LogP contribution in [0, 0.1) is 0 Å². The van der Waals surface area contributed by atoms with Crippen molar-refractivity contribution >= 4 is 37.6 Å². The lowest BCUT2D eigenvalue weighted by Gasteiger charge is -2.04. The number of ketones is 1. The first-order valence-electron chi connectivity index (χ1n) is 4.71. The molecular weight excluding hydrogens is 324 g/mol. The number of hydrogen-bond acceptors (Lipinski definition) is 2. The standard InChI is InChI=1S/C11H12Br2O2/c1-2-5-15-7-11(14)9-4-3-8(12)6-10(9)13/h3-4,6H,2,5,7H2,1H3. The normalized spacial score (nSPS) is 10.3. The third-order valence-electron chi connectivity index (χ3n) is 1.81. The SMILES string of the molecule is CCCOCC(=O)c1ccc(Br)cc1Br. The fourth-order valence-corrected chi connectivity index (χ4v) is 2.37. The predicted octanol–water partition coefficient (Wildman–Crippen LogP) is 3.82. The zero-order valence-electron chi connectivity index (χ0n) is 8.43. The Hall–Kier alpha value is -0.190. The molecule has 0 N–H and O–H groups in total. The van der Waals surface area contributed by atoms with Gasteiger partial charge in [0.05, 0.1) is 0 Å². The van der Waals surface area contributed by atoms with E-state index in [0.29, 0.717) is 12.2 Å². The lowest BCUT2D eigenvalue weighted by atomic mass is 10.1. The minimum atomic E-state index is 0.00262. The van der Waals surface area contributed by atoms with E-state index in [0.717, 1.165) is 15.4 Å². The predicted molar refractivity (Wildman–Crippen MR) is 67.3 cm³/mol. The second kappa shape index (κ2) is 6.40. The van der Waals surface area contributed by atoms with Gasteiger partial charge in [0, 0.05) is 21.1 Å². The van der Waals surface area contributed by atoms with Gasteiger partial charge in [-0.15, -0.1) is 0 Å². The van der Waals surface area contributed by atoms with Crippen molar-refractivity contribution in [2.75, 3.05) is 13.2 Å². The number of Topliss-reactive ketones (excluding diaryl/α,β-unsaturated/α-hetero) is 1. The molecule has 0 bridgehead atoms. The van der Waals surface area contributed by atoms with Gasteiger partial charge < -0.3 is 4.74 Å². The van der Waals surface area contributed by atoms with Gasteiger partial charge in [-0.25, -0.2) is 0 Å². The molecule has 1 aromatic carbocycles. The molecule has 0 aromatic heterocycles. The zero-order chi connectivity index (χ0) is 11.3. The van der Waals surface area contributed by atoms with Crippen molar-refractivity contribution in [3.05, 3.63) is 32.7 Å². The van der Waals surface area contributed by atoms with E-state index in [9.17, 15) is 4.79 Å². The molecule has 0 aliphatic rings. The van der Waals surface area contributed by atoms with Gasteiger partial charge in [-0.1, -0.05) is 38.8 Å². The molecule has 1 aromatic rings. The maximum atomic E-state index is 11.7. The van der Waals surface area contributed by atoms with Gasteiger partial charge in [-0.05, 0) is 24.6 Å². The summed E-state index contributed by atoms with van der Waals surface area (Å²) in [5, 5.41) is 0. The quantitative estimate of drug-likeness (QED) is 0.604. The maximum absolute atomic E-state index is 11.7. The Morgan fingerprint density at radius 2 is 2.13 bits per heavy atom. The van der Waals surface area contributed by atoms with E-state index in [1.807, 2.05) is 19.1 Å². The number of benzene rings is 1. The Balaban J connectivity index is 2.65. The maximum Gasteiger partial charge on any atom is 0.189 e. The zero-order valence-corrected chi connectivity index (χ0v) is 11.6. The highest BCUT2D eigenvalue weighted by atomic mass is 79.9. The minimum Gasteiger partial charge on any atom is -0.373 e. The van der Waals surface area contributed by atoms with Crippen molar-refractivity contribution < 1.29 is 9.53 Å². The van der Waals surface area contributed by atoms with Crippen LogP contribution in [0.5, 0.6) is 0 Å². The highest BCUT2D eigenvalue weighted by Crippen LogP contribution is 2.22. The van der Waals surface area contributed by atoms with Crippen LogP contribution >= 0.6 is 31.9 Å². The van der Waals surface area contributed by atoms with Crippen molar-refractivity contribution in [1.29, 1.82) is 0 Å². The molecular formula is C11H12Br2O2. The van der Waals surface area contributed by atoms with Gasteiger partial charge >= 0.3 is 0 Å². The number of halogens is 2. The summed E-state index contributed by atoms with van der Waals surface area (Å²) in [6, 6.07) is 5.48. The fraction of sp³-hybridized carbons (Fsp3) is 0.364. The summed E-state index contributed by atoms with van der Waals surface area (Å²) in [5.74, 6) is 0.00262. The molecule has 0 fully saturated rings. The van der Waals surface area contributed by atoms with E-state index in [1.54, 1.807) is 6.07 Å². The monoisotopic (exact) mass is 334 g/mol. The summed E-state index contributed by atoms with van der Waals surface area (Å²) in [5.41, 5.74) is 0.661. The molecule has 0 radical (unpaired) electrons.